The van der Waals surface area contributed by atoms with Gasteiger partial charge >= 0.3 is 0 Å². The molecular weight excluding hydrogens is 316 g/mol. The van der Waals surface area contributed by atoms with Crippen LogP contribution in [0.1, 0.15) is 44.0 Å². The number of rotatable bonds is 7. The number of nitrogens with zero attached hydrogens (tertiary/aromatic N) is 2. The van der Waals surface area contributed by atoms with E-state index < -0.39 is 0 Å². The normalized spacial score (nSPS) is 11.0. The van der Waals surface area contributed by atoms with Crippen molar-refractivity contribution in [3.05, 3.63) is 66.0 Å². The van der Waals surface area contributed by atoms with Crippen molar-refractivity contribution in [2.24, 2.45) is 0 Å². The lowest BCUT2D eigenvalue weighted by Crippen LogP contribution is -2.00. The molecule has 1 aromatic heterocycles. The number of unbranched alkanes of at least 4 members (excludes halogenated alkanes) is 3. The Morgan fingerprint density at radius 3 is 2.42 bits per heavy atom. The molecule has 2 nitrogen and oxygen atoms in total. The SMILES string of the molecule is CCCCCCn1c(C=Cc2ccccc2)nc2ccccc21.Cl. The molecule has 0 bridgehead atoms. The van der Waals surface area contributed by atoms with Crippen molar-refractivity contribution >= 4 is 35.6 Å². The second-order valence-electron chi connectivity index (χ2n) is 5.92. The topological polar surface area (TPSA) is 17.8 Å². The first-order valence-electron chi connectivity index (χ1n) is 8.57. The van der Waals surface area contributed by atoms with Gasteiger partial charge in [-0.3, -0.25) is 0 Å². The van der Waals surface area contributed by atoms with E-state index in [1.165, 1.54) is 36.8 Å². The molecule has 0 saturated heterocycles. The fraction of sp³-hybridized carbons (Fsp3) is 0.286. The molecule has 0 saturated carbocycles. The van der Waals surface area contributed by atoms with Gasteiger partial charge < -0.3 is 4.57 Å². The van der Waals surface area contributed by atoms with Gasteiger partial charge in [0.25, 0.3) is 0 Å². The lowest BCUT2D eigenvalue weighted by molar-refractivity contribution is 0.589. The van der Waals surface area contributed by atoms with Crippen LogP contribution in [0.3, 0.4) is 0 Å². The Balaban J connectivity index is 0.00000208. The number of benzene rings is 2. The lowest BCUT2D eigenvalue weighted by Gasteiger charge is -2.07. The largest absolute Gasteiger partial charge is 0.324 e. The van der Waals surface area contributed by atoms with Crippen LogP contribution >= 0.6 is 12.4 Å². The van der Waals surface area contributed by atoms with Crippen LogP contribution in [0, 0.1) is 0 Å². The summed E-state index contributed by atoms with van der Waals surface area (Å²) in [5.41, 5.74) is 3.52. The minimum absolute atomic E-state index is 0. The molecule has 3 rings (SSSR count). The van der Waals surface area contributed by atoms with Crippen molar-refractivity contribution < 1.29 is 0 Å². The molecule has 0 aliphatic carbocycles. The number of hydrogen-bond donors (Lipinski definition) is 0. The van der Waals surface area contributed by atoms with E-state index in [1.54, 1.807) is 0 Å². The molecule has 1 heterocycles. The average Bonchev–Trinajstić information content (AvgIpc) is 2.95. The molecule has 3 heteroatoms. The van der Waals surface area contributed by atoms with E-state index in [-0.39, 0.29) is 12.4 Å². The van der Waals surface area contributed by atoms with Crippen LogP contribution in [0.2, 0.25) is 0 Å². The highest BCUT2D eigenvalue weighted by atomic mass is 35.5. The summed E-state index contributed by atoms with van der Waals surface area (Å²) in [5, 5.41) is 0. The maximum absolute atomic E-state index is 4.80. The molecule has 0 N–H and O–H groups in total. The molecule has 0 radical (unpaired) electrons. The zero-order valence-corrected chi connectivity index (χ0v) is 15.0. The molecule has 0 aliphatic heterocycles. The summed E-state index contributed by atoms with van der Waals surface area (Å²) >= 11 is 0. The molecule has 0 atom stereocenters. The van der Waals surface area contributed by atoms with Crippen LogP contribution < -0.4 is 0 Å². The summed E-state index contributed by atoms with van der Waals surface area (Å²) in [6.07, 6.45) is 9.34. The van der Waals surface area contributed by atoms with Crippen molar-refractivity contribution in [2.75, 3.05) is 0 Å². The number of aryl methyl sites for hydroxylation is 1. The second kappa shape index (κ2) is 9.29. The summed E-state index contributed by atoms with van der Waals surface area (Å²) in [6.45, 7) is 3.29. The Hall–Kier alpha value is -2.06. The predicted molar refractivity (Wildman–Crippen MR) is 106 cm³/mol. The number of hydrogen-bond acceptors (Lipinski definition) is 1. The quantitative estimate of drug-likeness (QED) is 0.467. The summed E-state index contributed by atoms with van der Waals surface area (Å²) < 4.78 is 2.35. The predicted octanol–water partition coefficient (Wildman–Crippen LogP) is 6.21. The molecular formula is C21H25ClN2. The molecule has 3 aromatic rings. The summed E-state index contributed by atoms with van der Waals surface area (Å²) in [4.78, 5) is 4.80. The molecule has 0 fully saturated rings. The van der Waals surface area contributed by atoms with Crippen LogP contribution in [-0.4, -0.2) is 9.55 Å². The minimum Gasteiger partial charge on any atom is -0.324 e. The van der Waals surface area contributed by atoms with Gasteiger partial charge in [0, 0.05) is 6.54 Å². The second-order valence-corrected chi connectivity index (χ2v) is 5.92. The highest BCUT2D eigenvalue weighted by Gasteiger charge is 2.07. The van der Waals surface area contributed by atoms with E-state index in [1.807, 2.05) is 6.07 Å². The zero-order chi connectivity index (χ0) is 15.9. The molecule has 126 valence electrons. The monoisotopic (exact) mass is 340 g/mol. The van der Waals surface area contributed by atoms with Crippen LogP contribution in [0.25, 0.3) is 23.2 Å². The first-order chi connectivity index (χ1) is 11.4. The molecule has 24 heavy (non-hydrogen) atoms. The van der Waals surface area contributed by atoms with E-state index in [4.69, 9.17) is 4.98 Å². The third-order valence-electron chi connectivity index (χ3n) is 4.14. The zero-order valence-electron chi connectivity index (χ0n) is 14.2. The molecule has 0 aliphatic rings. The summed E-state index contributed by atoms with van der Waals surface area (Å²) in [7, 11) is 0. The Kier molecular flexibility index (Phi) is 7.07. The van der Waals surface area contributed by atoms with Gasteiger partial charge in [0.05, 0.1) is 11.0 Å². The van der Waals surface area contributed by atoms with Crippen molar-refractivity contribution in [2.45, 2.75) is 39.2 Å². The van der Waals surface area contributed by atoms with Gasteiger partial charge in [0.2, 0.25) is 0 Å². The van der Waals surface area contributed by atoms with Crippen LogP contribution in [0.4, 0.5) is 0 Å². The van der Waals surface area contributed by atoms with E-state index in [0.717, 1.165) is 17.9 Å². The third-order valence-corrected chi connectivity index (χ3v) is 4.14. The van der Waals surface area contributed by atoms with E-state index >= 15 is 0 Å². The maximum atomic E-state index is 4.80. The molecule has 2 aromatic carbocycles. The van der Waals surface area contributed by atoms with Gasteiger partial charge in [-0.15, -0.1) is 12.4 Å². The maximum Gasteiger partial charge on any atom is 0.133 e. The van der Waals surface area contributed by atoms with Gasteiger partial charge in [-0.1, -0.05) is 74.7 Å². The number of fused-ring (bicyclic) bond motifs is 1. The van der Waals surface area contributed by atoms with E-state index in [2.05, 4.69) is 72.2 Å². The lowest BCUT2D eigenvalue weighted by atomic mass is 10.2. The summed E-state index contributed by atoms with van der Waals surface area (Å²) in [6, 6.07) is 18.8. The fourth-order valence-electron chi connectivity index (χ4n) is 2.89. The fourth-order valence-corrected chi connectivity index (χ4v) is 2.89. The van der Waals surface area contributed by atoms with Crippen LogP contribution in [-0.2, 0) is 6.54 Å². The van der Waals surface area contributed by atoms with E-state index in [9.17, 15) is 0 Å². The Bertz CT molecular complexity index is 775. The third kappa shape index (κ3) is 4.48. The Morgan fingerprint density at radius 1 is 0.875 bits per heavy atom. The number of aromatic nitrogens is 2. The first kappa shape index (κ1) is 18.3. The van der Waals surface area contributed by atoms with Crippen molar-refractivity contribution in [3.8, 4) is 0 Å². The van der Waals surface area contributed by atoms with Crippen molar-refractivity contribution in [3.63, 3.8) is 0 Å². The van der Waals surface area contributed by atoms with Crippen molar-refractivity contribution in [1.29, 1.82) is 0 Å². The smallest absolute Gasteiger partial charge is 0.133 e. The number of para-hydroxylation sites is 2. The van der Waals surface area contributed by atoms with E-state index in [0.29, 0.717) is 0 Å². The first-order valence-corrected chi connectivity index (χ1v) is 8.57. The molecule has 0 spiro atoms. The highest BCUT2D eigenvalue weighted by molar-refractivity contribution is 5.85. The Labute approximate surface area is 150 Å². The Morgan fingerprint density at radius 2 is 1.62 bits per heavy atom. The number of halogens is 1. The minimum atomic E-state index is 0. The van der Waals surface area contributed by atoms with Crippen LogP contribution in [0.5, 0.6) is 0 Å². The number of imidazole rings is 1. The van der Waals surface area contributed by atoms with Crippen LogP contribution in [0.15, 0.2) is 54.6 Å². The van der Waals surface area contributed by atoms with Gasteiger partial charge in [0.15, 0.2) is 0 Å². The summed E-state index contributed by atoms with van der Waals surface area (Å²) in [5.74, 6) is 1.05. The van der Waals surface area contributed by atoms with Crippen molar-refractivity contribution in [1.82, 2.24) is 9.55 Å². The van der Waals surface area contributed by atoms with Gasteiger partial charge in [-0.2, -0.15) is 0 Å². The molecule has 0 unspecified atom stereocenters. The van der Waals surface area contributed by atoms with Gasteiger partial charge in [0.1, 0.15) is 5.82 Å². The van der Waals surface area contributed by atoms with Gasteiger partial charge in [-0.25, -0.2) is 4.98 Å². The average molecular weight is 341 g/mol. The molecule has 0 amide bonds. The highest BCUT2D eigenvalue weighted by Crippen LogP contribution is 2.19. The standard InChI is InChI=1S/C21H24N2.ClH/c1-2-3-4-10-17-23-20-14-9-8-13-19(20)22-21(23)16-15-18-11-6-5-7-12-18;/h5-9,11-16H,2-4,10,17H2,1H3;1H. The van der Waals surface area contributed by atoms with Gasteiger partial charge in [-0.05, 0) is 30.2 Å².